The molecule has 1 aliphatic rings. The van der Waals surface area contributed by atoms with Gasteiger partial charge in [0.05, 0.1) is 13.2 Å². The van der Waals surface area contributed by atoms with Gasteiger partial charge >= 0.3 is 5.97 Å². The highest BCUT2D eigenvalue weighted by molar-refractivity contribution is 5.86. The van der Waals surface area contributed by atoms with Crippen LogP contribution in [0.1, 0.15) is 34.9 Å². The monoisotopic (exact) mass is 250 g/mol. The van der Waals surface area contributed by atoms with E-state index in [2.05, 4.69) is 15.0 Å². The molecular weight excluding hydrogens is 232 g/mol. The number of carbonyl (C=O) groups excluding carboxylic acids is 1. The van der Waals surface area contributed by atoms with Crippen molar-refractivity contribution in [3.05, 3.63) is 29.6 Å². The van der Waals surface area contributed by atoms with Gasteiger partial charge in [0.1, 0.15) is 5.69 Å². The number of methoxy groups -OCH3 is 2. The van der Waals surface area contributed by atoms with Gasteiger partial charge in [-0.15, -0.1) is 0 Å². The molecule has 5 heteroatoms. The van der Waals surface area contributed by atoms with Gasteiger partial charge in [-0.25, -0.2) is 9.78 Å². The fourth-order valence-electron chi connectivity index (χ4n) is 2.19. The first kappa shape index (κ1) is 13.0. The number of carbonyl (C=O) groups is 1. The number of piperidine rings is 1. The van der Waals surface area contributed by atoms with E-state index < -0.39 is 5.97 Å². The van der Waals surface area contributed by atoms with Crippen LogP contribution in [0.2, 0.25) is 0 Å². The molecule has 1 N–H and O–H groups in total. The van der Waals surface area contributed by atoms with Gasteiger partial charge < -0.3 is 14.8 Å². The molecule has 0 unspecified atom stereocenters. The molecule has 2 rings (SSSR count). The number of hydrogen-bond donors (Lipinski definition) is 1. The van der Waals surface area contributed by atoms with Crippen molar-refractivity contribution < 1.29 is 14.3 Å². The lowest BCUT2D eigenvalue weighted by atomic mass is 9.96. The van der Waals surface area contributed by atoms with Crippen LogP contribution in [0.4, 0.5) is 0 Å². The molecule has 18 heavy (non-hydrogen) atoms. The van der Waals surface area contributed by atoms with Crippen LogP contribution < -0.4 is 5.32 Å². The molecule has 5 nitrogen and oxygen atoms in total. The fraction of sp³-hybridized carbons (Fsp3) is 0.538. The molecular formula is C13H18N2O3. The molecule has 98 valence electrons. The summed E-state index contributed by atoms with van der Waals surface area (Å²) in [6.07, 6.45) is 3.97. The van der Waals surface area contributed by atoms with Crippen molar-refractivity contribution in [1.29, 1.82) is 0 Å². The summed E-state index contributed by atoms with van der Waals surface area (Å²) < 4.78 is 10.0. The maximum atomic E-state index is 11.3. The normalized spacial score (nSPS) is 23.7. The molecule has 0 aliphatic carbocycles. The number of esters is 1. The Morgan fingerprint density at radius 2 is 2.28 bits per heavy atom. The Kier molecular flexibility index (Phi) is 4.28. The van der Waals surface area contributed by atoms with E-state index in [1.807, 2.05) is 6.07 Å². The maximum absolute atomic E-state index is 11.3. The molecule has 1 aliphatic heterocycles. The lowest BCUT2D eigenvalue weighted by Gasteiger charge is -2.29. The predicted octanol–water partition coefficient (Wildman–Crippen LogP) is 1.31. The molecule has 2 heterocycles. The maximum Gasteiger partial charge on any atom is 0.356 e. The number of aromatic nitrogens is 1. The fourth-order valence-corrected chi connectivity index (χ4v) is 2.19. The van der Waals surface area contributed by atoms with Crippen LogP contribution in [-0.4, -0.2) is 37.8 Å². The van der Waals surface area contributed by atoms with E-state index in [0.717, 1.165) is 24.9 Å². The van der Waals surface area contributed by atoms with E-state index in [9.17, 15) is 4.79 Å². The third-order valence-electron chi connectivity index (χ3n) is 3.27. The van der Waals surface area contributed by atoms with Crippen LogP contribution >= 0.6 is 0 Å². The van der Waals surface area contributed by atoms with Gasteiger partial charge in [0.15, 0.2) is 0 Å². The zero-order chi connectivity index (χ0) is 13.0. The van der Waals surface area contributed by atoms with Crippen molar-refractivity contribution in [1.82, 2.24) is 10.3 Å². The number of ether oxygens (including phenoxy) is 2. The van der Waals surface area contributed by atoms with E-state index in [1.165, 1.54) is 7.11 Å². The largest absolute Gasteiger partial charge is 0.464 e. The average Bonchev–Trinajstić information content (AvgIpc) is 2.46. The number of nitrogens with one attached hydrogen (secondary N) is 1. The van der Waals surface area contributed by atoms with Crippen molar-refractivity contribution >= 4 is 5.97 Å². The predicted molar refractivity (Wildman–Crippen MR) is 66.4 cm³/mol. The van der Waals surface area contributed by atoms with Crippen molar-refractivity contribution in [2.45, 2.75) is 25.0 Å². The van der Waals surface area contributed by atoms with Crippen LogP contribution in [0.15, 0.2) is 18.3 Å². The Labute approximate surface area is 107 Å². The summed E-state index contributed by atoms with van der Waals surface area (Å²) in [4.78, 5) is 15.4. The second-order valence-corrected chi connectivity index (χ2v) is 4.36. The zero-order valence-corrected chi connectivity index (χ0v) is 10.7. The SMILES string of the molecule is COC(=O)c1ccc([C@@H]2C[C@@H](OC)CCN2)cn1. The minimum atomic E-state index is -0.409. The second kappa shape index (κ2) is 5.93. The van der Waals surface area contributed by atoms with Gasteiger partial charge in [-0.2, -0.15) is 0 Å². The quantitative estimate of drug-likeness (QED) is 0.819. The molecule has 0 bridgehead atoms. The van der Waals surface area contributed by atoms with Crippen LogP contribution in [0.5, 0.6) is 0 Å². The van der Waals surface area contributed by atoms with Gasteiger partial charge in [-0.3, -0.25) is 0 Å². The third kappa shape index (κ3) is 2.86. The first-order chi connectivity index (χ1) is 8.74. The minimum Gasteiger partial charge on any atom is -0.464 e. The first-order valence-corrected chi connectivity index (χ1v) is 6.05. The van der Waals surface area contributed by atoms with Crippen LogP contribution in [0.25, 0.3) is 0 Å². The van der Waals surface area contributed by atoms with Crippen molar-refractivity contribution in [3.8, 4) is 0 Å². The number of rotatable bonds is 3. The Morgan fingerprint density at radius 3 is 2.89 bits per heavy atom. The Hall–Kier alpha value is -1.46. The van der Waals surface area contributed by atoms with Gasteiger partial charge in [0.25, 0.3) is 0 Å². The smallest absolute Gasteiger partial charge is 0.356 e. The molecule has 1 aromatic rings. The minimum absolute atomic E-state index is 0.239. The summed E-state index contributed by atoms with van der Waals surface area (Å²) in [6, 6.07) is 3.84. The summed E-state index contributed by atoms with van der Waals surface area (Å²) in [5, 5.41) is 3.43. The Morgan fingerprint density at radius 1 is 1.44 bits per heavy atom. The van der Waals surface area contributed by atoms with Crippen molar-refractivity contribution in [2.75, 3.05) is 20.8 Å². The molecule has 0 radical (unpaired) electrons. The van der Waals surface area contributed by atoms with Crippen LogP contribution in [0.3, 0.4) is 0 Å². The average molecular weight is 250 g/mol. The van der Waals surface area contributed by atoms with E-state index >= 15 is 0 Å². The standard InChI is InChI=1S/C13H18N2O3/c1-17-10-5-6-14-12(7-10)9-3-4-11(15-8-9)13(16)18-2/h3-4,8,10,12,14H,5-7H2,1-2H3/t10-,12-/m0/s1. The van der Waals surface area contributed by atoms with Crippen LogP contribution in [0, 0.1) is 0 Å². The van der Waals surface area contributed by atoms with Crippen molar-refractivity contribution in [3.63, 3.8) is 0 Å². The van der Waals surface area contributed by atoms with E-state index in [0.29, 0.717) is 5.69 Å². The van der Waals surface area contributed by atoms with Gasteiger partial charge in [-0.1, -0.05) is 6.07 Å². The third-order valence-corrected chi connectivity index (χ3v) is 3.27. The molecule has 0 aromatic carbocycles. The van der Waals surface area contributed by atoms with Gasteiger partial charge in [0, 0.05) is 19.3 Å². The summed E-state index contributed by atoms with van der Waals surface area (Å²) in [5.74, 6) is -0.409. The van der Waals surface area contributed by atoms with E-state index in [1.54, 1.807) is 19.4 Å². The summed E-state index contributed by atoms with van der Waals surface area (Å²) in [5.41, 5.74) is 1.41. The molecule has 2 atom stereocenters. The highest BCUT2D eigenvalue weighted by Gasteiger charge is 2.22. The molecule has 0 amide bonds. The second-order valence-electron chi connectivity index (χ2n) is 4.36. The zero-order valence-electron chi connectivity index (χ0n) is 10.7. The van der Waals surface area contributed by atoms with Crippen molar-refractivity contribution in [2.24, 2.45) is 0 Å². The van der Waals surface area contributed by atoms with E-state index in [4.69, 9.17) is 4.74 Å². The molecule has 0 saturated carbocycles. The lowest BCUT2D eigenvalue weighted by molar-refractivity contribution is 0.0590. The Bertz CT molecular complexity index is 405. The van der Waals surface area contributed by atoms with E-state index in [-0.39, 0.29) is 12.1 Å². The molecule has 1 saturated heterocycles. The summed E-state index contributed by atoms with van der Waals surface area (Å²) in [6.45, 7) is 0.932. The molecule has 1 aromatic heterocycles. The summed E-state index contributed by atoms with van der Waals surface area (Å²) >= 11 is 0. The number of pyridine rings is 1. The Balaban J connectivity index is 2.07. The van der Waals surface area contributed by atoms with Gasteiger partial charge in [0.2, 0.25) is 0 Å². The molecule has 0 spiro atoms. The van der Waals surface area contributed by atoms with Crippen LogP contribution in [-0.2, 0) is 9.47 Å². The van der Waals surface area contributed by atoms with Gasteiger partial charge in [-0.05, 0) is 31.0 Å². The number of nitrogens with zero attached hydrogens (tertiary/aromatic N) is 1. The highest BCUT2D eigenvalue weighted by Crippen LogP contribution is 2.24. The highest BCUT2D eigenvalue weighted by atomic mass is 16.5. The first-order valence-electron chi connectivity index (χ1n) is 6.05. The topological polar surface area (TPSA) is 60.5 Å². The number of hydrogen-bond acceptors (Lipinski definition) is 5. The molecule has 1 fully saturated rings. The lowest BCUT2D eigenvalue weighted by Crippen LogP contribution is -2.35. The summed E-state index contributed by atoms with van der Waals surface area (Å²) in [7, 11) is 3.09.